The molecule has 226 valence electrons. The Hall–Kier alpha value is -5.14. The molecule has 14 heteroatoms. The Morgan fingerprint density at radius 1 is 0.767 bits per heavy atom. The minimum atomic E-state index is -6.02. The fourth-order valence-electron chi connectivity index (χ4n) is 4.80. The van der Waals surface area contributed by atoms with Gasteiger partial charge in [-0.3, -0.25) is 9.59 Å². The molecule has 0 aromatic heterocycles. The molecule has 0 bridgehead atoms. The number of hydrogen-bond acceptors (Lipinski definition) is 6. The number of amides is 2. The third kappa shape index (κ3) is 5.94. The van der Waals surface area contributed by atoms with Crippen molar-refractivity contribution in [3.8, 4) is 5.75 Å². The van der Waals surface area contributed by atoms with E-state index in [1.165, 1.54) is 48.5 Å². The molecule has 2 amide bonds. The predicted octanol–water partition coefficient (Wildman–Crippen LogP) is 5.74. The van der Waals surface area contributed by atoms with Crippen LogP contribution in [0.3, 0.4) is 0 Å². The van der Waals surface area contributed by atoms with Gasteiger partial charge >= 0.3 is 12.4 Å². The van der Waals surface area contributed by atoms with Crippen LogP contribution in [0.4, 0.5) is 43.4 Å². The first-order valence-electron chi connectivity index (χ1n) is 12.4. The molecule has 0 saturated carbocycles. The largest absolute Gasteiger partial charge is 0.510 e. The smallest absolute Gasteiger partial charge is 0.410 e. The number of aliphatic hydroxyl groups excluding tert-OH is 1. The molecule has 4 rings (SSSR count). The zero-order valence-electron chi connectivity index (χ0n) is 21.9. The highest BCUT2D eigenvalue weighted by atomic mass is 19.4. The summed E-state index contributed by atoms with van der Waals surface area (Å²) in [7, 11) is 0. The molecule has 1 unspecified atom stereocenters. The zero-order valence-corrected chi connectivity index (χ0v) is 21.9. The van der Waals surface area contributed by atoms with Crippen LogP contribution < -0.4 is 22.1 Å². The molecule has 1 aliphatic carbocycles. The normalized spacial score (nSPS) is 15.7. The maximum Gasteiger partial charge on any atom is 0.410 e. The lowest BCUT2D eigenvalue weighted by Crippen LogP contribution is -2.56. The number of nitrogens with two attached hydrogens (primary N) is 2. The van der Waals surface area contributed by atoms with Gasteiger partial charge in [0.05, 0.1) is 11.7 Å². The van der Waals surface area contributed by atoms with Crippen LogP contribution in [0.5, 0.6) is 5.75 Å². The van der Waals surface area contributed by atoms with E-state index in [1.54, 1.807) is 0 Å². The number of anilines is 3. The summed E-state index contributed by atoms with van der Waals surface area (Å²) in [4.78, 5) is 25.4. The van der Waals surface area contributed by atoms with E-state index in [0.29, 0.717) is 30.4 Å². The number of hydrogen-bond donors (Lipinski definition) is 6. The minimum Gasteiger partial charge on any atom is -0.510 e. The lowest BCUT2D eigenvalue weighted by Gasteiger charge is -2.41. The Balaban J connectivity index is 1.78. The highest BCUT2D eigenvalue weighted by Crippen LogP contribution is 2.58. The maximum absolute atomic E-state index is 14.8. The summed E-state index contributed by atoms with van der Waals surface area (Å²) < 4.78 is 89.0. The molecular weight excluding hydrogens is 582 g/mol. The highest BCUT2D eigenvalue weighted by Gasteiger charge is 2.73. The Morgan fingerprint density at radius 2 is 1.33 bits per heavy atom. The number of alkyl halides is 6. The number of aromatic hydroxyl groups is 1. The van der Waals surface area contributed by atoms with E-state index < -0.39 is 70.4 Å². The van der Waals surface area contributed by atoms with Gasteiger partial charge < -0.3 is 32.3 Å². The van der Waals surface area contributed by atoms with Crippen LogP contribution in [0.15, 0.2) is 90.2 Å². The average Bonchev–Trinajstić information content (AvgIpc) is 2.91. The third-order valence-corrected chi connectivity index (χ3v) is 6.85. The lowest BCUT2D eigenvalue weighted by molar-refractivity contribution is -0.290. The number of allylic oxidation sites excluding steroid dienone is 2. The van der Waals surface area contributed by atoms with Crippen LogP contribution in [-0.4, -0.2) is 40.4 Å². The summed E-state index contributed by atoms with van der Waals surface area (Å²) in [6.45, 7) is 0. The zero-order chi connectivity index (χ0) is 31.7. The predicted molar refractivity (Wildman–Crippen MR) is 146 cm³/mol. The van der Waals surface area contributed by atoms with Crippen molar-refractivity contribution in [3.05, 3.63) is 107 Å². The van der Waals surface area contributed by atoms with E-state index in [1.807, 2.05) is 0 Å². The van der Waals surface area contributed by atoms with Crippen LogP contribution >= 0.6 is 0 Å². The summed E-state index contributed by atoms with van der Waals surface area (Å²) >= 11 is 0. The first kappa shape index (κ1) is 30.8. The molecule has 43 heavy (non-hydrogen) atoms. The van der Waals surface area contributed by atoms with Crippen LogP contribution in [-0.2, 0) is 5.41 Å². The van der Waals surface area contributed by atoms with Crippen molar-refractivity contribution in [2.75, 3.05) is 16.8 Å². The van der Waals surface area contributed by atoms with Crippen molar-refractivity contribution < 1.29 is 46.1 Å². The van der Waals surface area contributed by atoms with E-state index >= 15 is 0 Å². The second kappa shape index (κ2) is 11.3. The van der Waals surface area contributed by atoms with Gasteiger partial charge in [-0.2, -0.15) is 26.3 Å². The molecule has 0 aliphatic heterocycles. The van der Waals surface area contributed by atoms with Crippen molar-refractivity contribution in [3.63, 3.8) is 0 Å². The number of phenols is 1. The van der Waals surface area contributed by atoms with Gasteiger partial charge in [-0.05, 0) is 72.2 Å². The Kier molecular flexibility index (Phi) is 8.07. The number of rotatable bonds is 6. The highest BCUT2D eigenvalue weighted by molar-refractivity contribution is 6.05. The maximum atomic E-state index is 14.8. The molecule has 0 radical (unpaired) electrons. The summed E-state index contributed by atoms with van der Waals surface area (Å²) in [6.07, 6.45) is -12.0. The number of nitrogen functional groups attached to an aromatic ring is 2. The molecule has 8 N–H and O–H groups in total. The number of aliphatic hydroxyl groups is 1. The van der Waals surface area contributed by atoms with Gasteiger partial charge in [0.15, 0.2) is 0 Å². The number of halogens is 6. The standard InChI is InChI=1S/C29H24F6N4O4/c30-28(31,32)27(29(33,34)35,17-7-9-23(40)21(13-17)38-25(42)15-3-1-5-19(36)11-15)18-8-10-24(41)22(14-18)39-26(43)16-4-2-6-20(37)12-16/h1-13,22,40-41H,14,36-37H2,(H,38,42)(H,39,43). The lowest BCUT2D eigenvalue weighted by atomic mass is 9.69. The minimum absolute atomic E-state index is 0.0408. The SMILES string of the molecule is Nc1cccc(C(=O)Nc2cc(C(C3=CC=C(O)C(NC(=O)c4cccc(N)c4)C3)(C(F)(F)F)C(F)(F)F)ccc2O)c1. The van der Waals surface area contributed by atoms with E-state index in [0.717, 1.165) is 0 Å². The van der Waals surface area contributed by atoms with Crippen LogP contribution in [0.2, 0.25) is 0 Å². The first-order chi connectivity index (χ1) is 20.0. The fourth-order valence-corrected chi connectivity index (χ4v) is 4.80. The van der Waals surface area contributed by atoms with Crippen LogP contribution in [0.25, 0.3) is 0 Å². The number of phenolic OH excluding ortho intramolecular Hbond substituents is 1. The van der Waals surface area contributed by atoms with E-state index in [9.17, 15) is 46.1 Å². The van der Waals surface area contributed by atoms with Gasteiger partial charge in [0.1, 0.15) is 11.5 Å². The van der Waals surface area contributed by atoms with Crippen molar-refractivity contribution in [2.24, 2.45) is 0 Å². The molecule has 3 aromatic carbocycles. The summed E-state index contributed by atoms with van der Waals surface area (Å²) in [6, 6.07) is 10.5. The third-order valence-electron chi connectivity index (χ3n) is 6.85. The summed E-state index contributed by atoms with van der Waals surface area (Å²) in [5.41, 5.74) is 3.44. The Morgan fingerprint density at radius 3 is 1.86 bits per heavy atom. The molecule has 0 heterocycles. The number of nitrogens with one attached hydrogen (secondary N) is 2. The average molecular weight is 607 g/mol. The van der Waals surface area contributed by atoms with Gasteiger partial charge in [0, 0.05) is 22.5 Å². The molecule has 0 spiro atoms. The molecule has 1 atom stereocenters. The van der Waals surface area contributed by atoms with Gasteiger partial charge in [-0.25, -0.2) is 0 Å². The van der Waals surface area contributed by atoms with Gasteiger partial charge in [-0.1, -0.05) is 24.3 Å². The number of carbonyl (C=O) groups is 2. The second-order valence-electron chi connectivity index (χ2n) is 9.70. The molecule has 0 fully saturated rings. The molecule has 8 nitrogen and oxygen atoms in total. The molecular formula is C29H24F6N4O4. The van der Waals surface area contributed by atoms with Crippen molar-refractivity contribution in [2.45, 2.75) is 30.2 Å². The first-order valence-corrected chi connectivity index (χ1v) is 12.4. The van der Waals surface area contributed by atoms with Gasteiger partial charge in [0.25, 0.3) is 11.8 Å². The van der Waals surface area contributed by atoms with Crippen molar-refractivity contribution in [1.82, 2.24) is 5.32 Å². The molecule has 1 aliphatic rings. The van der Waals surface area contributed by atoms with Gasteiger partial charge in [0.2, 0.25) is 5.41 Å². The Labute approximate surface area is 240 Å². The topological polar surface area (TPSA) is 151 Å². The molecule has 0 saturated heterocycles. The van der Waals surface area contributed by atoms with E-state index in [-0.39, 0.29) is 22.5 Å². The van der Waals surface area contributed by atoms with Gasteiger partial charge in [-0.15, -0.1) is 0 Å². The fraction of sp³-hybridized carbons (Fsp3) is 0.172. The van der Waals surface area contributed by atoms with Crippen molar-refractivity contribution in [1.29, 1.82) is 0 Å². The van der Waals surface area contributed by atoms with E-state index in [2.05, 4.69) is 10.6 Å². The second-order valence-corrected chi connectivity index (χ2v) is 9.70. The van der Waals surface area contributed by atoms with Crippen molar-refractivity contribution >= 4 is 28.9 Å². The quantitative estimate of drug-likeness (QED) is 0.120. The Bertz CT molecular complexity index is 1620. The van der Waals surface area contributed by atoms with Crippen LogP contribution in [0, 0.1) is 0 Å². The monoisotopic (exact) mass is 606 g/mol. The van der Waals surface area contributed by atoms with E-state index in [4.69, 9.17) is 11.5 Å². The molecule has 3 aromatic rings. The summed E-state index contributed by atoms with van der Waals surface area (Å²) in [5, 5.41) is 24.9. The van der Waals surface area contributed by atoms with Crippen LogP contribution in [0.1, 0.15) is 32.7 Å². The number of carbonyl (C=O) groups excluding carboxylic acids is 2. The summed E-state index contributed by atoms with van der Waals surface area (Å²) in [5.74, 6) is -3.35. The number of benzene rings is 3.